The standard InChI is InChI=1S/C25H20N6O4/c1-15(32)31-22-5-3-2-4-18(22)24(33)23(31)14-17-13-21(28-29-26)19-12-16(6-7-20(19)27-17)25(34)30-8-10-35-11-9-30/h2-7,12-14H,8-11H2,1H3/b23-14-. The Kier molecular flexibility index (Phi) is 5.74. The molecule has 174 valence electrons. The maximum Gasteiger partial charge on any atom is 0.254 e. The van der Waals surface area contributed by atoms with Crippen LogP contribution in [0.5, 0.6) is 0 Å². The van der Waals surface area contributed by atoms with E-state index >= 15 is 0 Å². The van der Waals surface area contributed by atoms with E-state index in [1.807, 2.05) is 0 Å². The summed E-state index contributed by atoms with van der Waals surface area (Å²) in [6.45, 7) is 3.38. The smallest absolute Gasteiger partial charge is 0.254 e. The minimum Gasteiger partial charge on any atom is -0.378 e. The second-order valence-corrected chi connectivity index (χ2v) is 8.12. The summed E-state index contributed by atoms with van der Waals surface area (Å²) in [5.41, 5.74) is 11.8. The van der Waals surface area contributed by atoms with Gasteiger partial charge in [0.25, 0.3) is 5.91 Å². The van der Waals surface area contributed by atoms with E-state index in [9.17, 15) is 14.4 Å². The molecule has 3 heterocycles. The molecule has 10 heteroatoms. The van der Waals surface area contributed by atoms with Gasteiger partial charge >= 0.3 is 0 Å². The van der Waals surface area contributed by atoms with E-state index in [0.29, 0.717) is 59.7 Å². The Bertz CT molecular complexity index is 1470. The first-order valence-electron chi connectivity index (χ1n) is 11.0. The van der Waals surface area contributed by atoms with Crippen molar-refractivity contribution in [3.63, 3.8) is 0 Å². The SMILES string of the molecule is CC(=O)N1/C(=C\c2cc(N=[N+]=[N-])c3cc(C(=O)N4CCOCC4)ccc3n2)C(=O)c2ccccc21. The summed E-state index contributed by atoms with van der Waals surface area (Å²) < 4.78 is 5.31. The molecule has 1 fully saturated rings. The number of nitrogens with zero attached hydrogens (tertiary/aromatic N) is 6. The van der Waals surface area contributed by atoms with Crippen LogP contribution in [0.3, 0.4) is 0 Å². The van der Waals surface area contributed by atoms with Crippen molar-refractivity contribution in [2.24, 2.45) is 5.11 Å². The molecule has 0 saturated carbocycles. The number of aromatic nitrogens is 1. The fourth-order valence-corrected chi connectivity index (χ4v) is 4.35. The zero-order valence-electron chi connectivity index (χ0n) is 18.8. The van der Waals surface area contributed by atoms with E-state index in [4.69, 9.17) is 10.3 Å². The predicted molar refractivity (Wildman–Crippen MR) is 129 cm³/mol. The largest absolute Gasteiger partial charge is 0.378 e. The van der Waals surface area contributed by atoms with E-state index in [0.717, 1.165) is 0 Å². The summed E-state index contributed by atoms with van der Waals surface area (Å²) in [5, 5.41) is 4.30. The lowest BCUT2D eigenvalue weighted by molar-refractivity contribution is -0.116. The number of Topliss-reactive ketones (excluding diaryl/α,β-unsaturated/α-hetero) is 1. The third-order valence-corrected chi connectivity index (χ3v) is 5.97. The number of hydrogen-bond acceptors (Lipinski definition) is 6. The number of para-hydroxylation sites is 1. The Hall–Kier alpha value is -4.53. The van der Waals surface area contributed by atoms with Crippen molar-refractivity contribution < 1.29 is 19.1 Å². The molecule has 1 aromatic heterocycles. The van der Waals surface area contributed by atoms with Gasteiger partial charge in [-0.2, -0.15) is 0 Å². The molecule has 0 bridgehead atoms. The Balaban J connectivity index is 1.59. The zero-order chi connectivity index (χ0) is 24.5. The van der Waals surface area contributed by atoms with Gasteiger partial charge in [0.05, 0.1) is 35.8 Å². The summed E-state index contributed by atoms with van der Waals surface area (Å²) in [6, 6.07) is 13.4. The molecule has 5 rings (SSSR count). The first kappa shape index (κ1) is 22.3. The maximum absolute atomic E-state index is 13.0. The van der Waals surface area contributed by atoms with Crippen LogP contribution in [0.1, 0.15) is 33.3 Å². The molecule has 2 amide bonds. The summed E-state index contributed by atoms with van der Waals surface area (Å²) in [7, 11) is 0. The lowest BCUT2D eigenvalue weighted by Gasteiger charge is -2.27. The number of morpholine rings is 1. The highest BCUT2D eigenvalue weighted by atomic mass is 16.5. The molecule has 0 spiro atoms. The van der Waals surface area contributed by atoms with Crippen molar-refractivity contribution >= 4 is 46.0 Å². The minimum atomic E-state index is -0.308. The maximum atomic E-state index is 13.0. The highest BCUT2D eigenvalue weighted by molar-refractivity contribution is 6.26. The average Bonchev–Trinajstić information content (AvgIpc) is 3.15. The number of ketones is 1. The van der Waals surface area contributed by atoms with Gasteiger partial charge in [-0.05, 0) is 48.0 Å². The number of rotatable bonds is 3. The Morgan fingerprint density at radius 2 is 1.91 bits per heavy atom. The third kappa shape index (κ3) is 4.01. The number of allylic oxidation sites excluding steroid dienone is 1. The monoisotopic (exact) mass is 468 g/mol. The molecule has 2 aromatic carbocycles. The minimum absolute atomic E-state index is 0.139. The molecule has 3 aromatic rings. The number of fused-ring (bicyclic) bond motifs is 2. The zero-order valence-corrected chi connectivity index (χ0v) is 18.8. The van der Waals surface area contributed by atoms with Crippen LogP contribution in [-0.2, 0) is 9.53 Å². The van der Waals surface area contributed by atoms with Crippen molar-refractivity contribution in [3.05, 3.63) is 81.5 Å². The normalized spacial score (nSPS) is 16.4. The van der Waals surface area contributed by atoms with Crippen LogP contribution in [0.2, 0.25) is 0 Å². The lowest BCUT2D eigenvalue weighted by Crippen LogP contribution is -2.40. The van der Waals surface area contributed by atoms with Crippen LogP contribution in [0.15, 0.2) is 59.3 Å². The van der Waals surface area contributed by atoms with Crippen molar-refractivity contribution in [1.82, 2.24) is 9.88 Å². The van der Waals surface area contributed by atoms with Gasteiger partial charge in [-0.1, -0.05) is 17.2 Å². The molecule has 2 aliphatic rings. The van der Waals surface area contributed by atoms with E-state index in [-0.39, 0.29) is 29.0 Å². The van der Waals surface area contributed by atoms with Gasteiger partial charge in [-0.3, -0.25) is 19.3 Å². The van der Waals surface area contributed by atoms with E-state index in [2.05, 4.69) is 15.0 Å². The number of azide groups is 1. The number of anilines is 1. The molecule has 1 saturated heterocycles. The van der Waals surface area contributed by atoms with Gasteiger partial charge in [0, 0.05) is 47.1 Å². The number of carbonyl (C=O) groups is 3. The second kappa shape index (κ2) is 9.02. The summed E-state index contributed by atoms with van der Waals surface area (Å²) in [4.78, 5) is 48.9. The highest BCUT2D eigenvalue weighted by Crippen LogP contribution is 2.36. The Morgan fingerprint density at radius 1 is 1.14 bits per heavy atom. The van der Waals surface area contributed by atoms with E-state index < -0.39 is 0 Å². The fraction of sp³-hybridized carbons (Fsp3) is 0.200. The average molecular weight is 468 g/mol. The Morgan fingerprint density at radius 3 is 2.66 bits per heavy atom. The second-order valence-electron chi connectivity index (χ2n) is 8.12. The molecule has 0 N–H and O–H groups in total. The number of ether oxygens (including phenoxy) is 1. The van der Waals surface area contributed by atoms with Gasteiger partial charge in [-0.15, -0.1) is 0 Å². The summed E-state index contributed by atoms with van der Waals surface area (Å²) in [6.07, 6.45) is 1.51. The molecular formula is C25H20N6O4. The van der Waals surface area contributed by atoms with Gasteiger partial charge < -0.3 is 9.64 Å². The molecule has 0 atom stereocenters. The molecule has 35 heavy (non-hydrogen) atoms. The van der Waals surface area contributed by atoms with Crippen LogP contribution < -0.4 is 4.90 Å². The Labute approximate surface area is 200 Å². The van der Waals surface area contributed by atoms with Crippen LogP contribution in [-0.4, -0.2) is 53.8 Å². The number of pyridine rings is 1. The topological polar surface area (TPSA) is 129 Å². The molecule has 0 aliphatic carbocycles. The molecule has 2 aliphatic heterocycles. The van der Waals surface area contributed by atoms with Crippen LogP contribution in [0.25, 0.3) is 27.4 Å². The third-order valence-electron chi connectivity index (χ3n) is 5.97. The van der Waals surface area contributed by atoms with Gasteiger partial charge in [0.1, 0.15) is 0 Å². The molecular weight excluding hydrogens is 448 g/mol. The number of hydrogen-bond donors (Lipinski definition) is 0. The molecule has 10 nitrogen and oxygen atoms in total. The van der Waals surface area contributed by atoms with Crippen LogP contribution in [0.4, 0.5) is 11.4 Å². The van der Waals surface area contributed by atoms with Crippen molar-refractivity contribution in [3.8, 4) is 0 Å². The summed E-state index contributed by atoms with van der Waals surface area (Å²) in [5.74, 6) is -0.744. The fourth-order valence-electron chi connectivity index (χ4n) is 4.35. The van der Waals surface area contributed by atoms with E-state index in [1.165, 1.54) is 24.0 Å². The van der Waals surface area contributed by atoms with E-state index in [1.54, 1.807) is 47.4 Å². The lowest BCUT2D eigenvalue weighted by atomic mass is 10.1. The summed E-state index contributed by atoms with van der Waals surface area (Å²) >= 11 is 0. The van der Waals surface area contributed by atoms with Crippen molar-refractivity contribution in [2.75, 3.05) is 31.2 Å². The highest BCUT2D eigenvalue weighted by Gasteiger charge is 2.34. The van der Waals surface area contributed by atoms with Crippen molar-refractivity contribution in [1.29, 1.82) is 0 Å². The van der Waals surface area contributed by atoms with Crippen molar-refractivity contribution in [2.45, 2.75) is 6.92 Å². The quantitative estimate of drug-likeness (QED) is 0.246. The van der Waals surface area contributed by atoms with Gasteiger partial charge in [0.15, 0.2) is 0 Å². The number of benzene rings is 2. The van der Waals surface area contributed by atoms with Gasteiger partial charge in [0.2, 0.25) is 11.7 Å². The number of amides is 2. The number of carbonyl (C=O) groups excluding carboxylic acids is 3. The van der Waals surface area contributed by atoms with Crippen LogP contribution in [0, 0.1) is 0 Å². The molecule has 0 unspecified atom stereocenters. The molecule has 0 radical (unpaired) electrons. The van der Waals surface area contributed by atoms with Gasteiger partial charge in [-0.25, -0.2) is 4.98 Å². The first-order valence-corrected chi connectivity index (χ1v) is 11.0. The van der Waals surface area contributed by atoms with Crippen LogP contribution >= 0.6 is 0 Å². The predicted octanol–water partition coefficient (Wildman–Crippen LogP) is 4.24. The first-order chi connectivity index (χ1) is 17.0.